The van der Waals surface area contributed by atoms with Gasteiger partial charge in [-0.3, -0.25) is 19.5 Å². The van der Waals surface area contributed by atoms with Crippen molar-refractivity contribution in [1.82, 2.24) is 14.8 Å². The standard InChI is InChI=1S/C24H27N3O6/c1-31-17-5-6-18(19(14-17)32-2)22(28)20-21(16-4-3-7-25-15-16)27(24(30)23(20)29)9-8-26-10-12-33-13-11-26/h3-7,14-15,21,28H,8-13H2,1-2H3. The van der Waals surface area contributed by atoms with Crippen LogP contribution in [-0.2, 0) is 14.3 Å². The fourth-order valence-corrected chi connectivity index (χ4v) is 4.21. The van der Waals surface area contributed by atoms with E-state index in [4.69, 9.17) is 14.2 Å². The van der Waals surface area contributed by atoms with Gasteiger partial charge in [-0.1, -0.05) is 6.07 Å². The number of ketones is 1. The topological polar surface area (TPSA) is 101 Å². The molecule has 0 bridgehead atoms. The molecule has 33 heavy (non-hydrogen) atoms. The van der Waals surface area contributed by atoms with Gasteiger partial charge in [0.05, 0.1) is 44.6 Å². The molecule has 0 spiro atoms. The number of morpholine rings is 1. The predicted octanol–water partition coefficient (Wildman–Crippen LogP) is 1.85. The maximum absolute atomic E-state index is 13.2. The maximum Gasteiger partial charge on any atom is 0.295 e. The number of nitrogens with zero attached hydrogens (tertiary/aromatic N) is 3. The summed E-state index contributed by atoms with van der Waals surface area (Å²) in [5.74, 6) is -0.808. The summed E-state index contributed by atoms with van der Waals surface area (Å²) in [7, 11) is 2.99. The molecule has 0 radical (unpaired) electrons. The molecule has 1 N–H and O–H groups in total. The number of rotatable bonds is 7. The van der Waals surface area contributed by atoms with Gasteiger partial charge < -0.3 is 24.2 Å². The van der Waals surface area contributed by atoms with Crippen LogP contribution in [0.1, 0.15) is 17.2 Å². The van der Waals surface area contributed by atoms with Crippen molar-refractivity contribution in [2.45, 2.75) is 6.04 Å². The molecule has 2 aliphatic rings. The molecule has 4 rings (SSSR count). The van der Waals surface area contributed by atoms with Crippen molar-refractivity contribution < 1.29 is 28.9 Å². The number of carbonyl (C=O) groups is 2. The molecule has 1 aromatic carbocycles. The highest BCUT2D eigenvalue weighted by Crippen LogP contribution is 2.41. The van der Waals surface area contributed by atoms with Crippen LogP contribution in [0.2, 0.25) is 0 Å². The van der Waals surface area contributed by atoms with E-state index >= 15 is 0 Å². The summed E-state index contributed by atoms with van der Waals surface area (Å²) in [5, 5.41) is 11.3. The van der Waals surface area contributed by atoms with E-state index in [0.29, 0.717) is 48.9 Å². The number of hydrogen-bond acceptors (Lipinski definition) is 8. The second kappa shape index (κ2) is 10.0. The van der Waals surface area contributed by atoms with Crippen molar-refractivity contribution in [3.05, 3.63) is 59.4 Å². The van der Waals surface area contributed by atoms with E-state index in [9.17, 15) is 14.7 Å². The SMILES string of the molecule is COc1ccc(C(O)=C2C(=O)C(=O)N(CCN3CCOCC3)C2c2cccnc2)c(OC)c1. The van der Waals surface area contributed by atoms with E-state index in [-0.39, 0.29) is 11.3 Å². The molecular weight excluding hydrogens is 426 g/mol. The number of hydrogen-bond donors (Lipinski definition) is 1. The molecule has 1 aromatic heterocycles. The minimum absolute atomic E-state index is 0.0124. The summed E-state index contributed by atoms with van der Waals surface area (Å²) >= 11 is 0. The number of amides is 1. The number of aliphatic hydroxyl groups excluding tert-OH is 1. The number of pyridine rings is 1. The van der Waals surface area contributed by atoms with Gasteiger partial charge in [0.15, 0.2) is 0 Å². The van der Waals surface area contributed by atoms with Crippen molar-refractivity contribution in [3.63, 3.8) is 0 Å². The predicted molar refractivity (Wildman–Crippen MR) is 120 cm³/mol. The van der Waals surface area contributed by atoms with Crippen LogP contribution in [0.4, 0.5) is 0 Å². The van der Waals surface area contributed by atoms with E-state index < -0.39 is 17.7 Å². The van der Waals surface area contributed by atoms with E-state index in [2.05, 4.69) is 9.88 Å². The quantitative estimate of drug-likeness (QED) is 0.385. The first-order valence-corrected chi connectivity index (χ1v) is 10.8. The van der Waals surface area contributed by atoms with Crippen molar-refractivity contribution in [3.8, 4) is 11.5 Å². The molecule has 2 aromatic rings. The van der Waals surface area contributed by atoms with Gasteiger partial charge >= 0.3 is 0 Å². The van der Waals surface area contributed by atoms with E-state index in [0.717, 1.165) is 13.1 Å². The molecule has 9 heteroatoms. The van der Waals surface area contributed by atoms with Crippen LogP contribution < -0.4 is 9.47 Å². The highest BCUT2D eigenvalue weighted by molar-refractivity contribution is 6.46. The van der Waals surface area contributed by atoms with Crippen LogP contribution >= 0.6 is 0 Å². The molecule has 0 aliphatic carbocycles. The summed E-state index contributed by atoms with van der Waals surface area (Å²) in [6.45, 7) is 3.75. The number of carbonyl (C=O) groups excluding carboxylic acids is 2. The molecule has 2 saturated heterocycles. The lowest BCUT2D eigenvalue weighted by molar-refractivity contribution is -0.140. The Hall–Kier alpha value is -3.43. The van der Waals surface area contributed by atoms with Crippen LogP contribution in [0, 0.1) is 0 Å². The van der Waals surface area contributed by atoms with E-state index in [1.165, 1.54) is 19.1 Å². The number of methoxy groups -OCH3 is 2. The van der Waals surface area contributed by atoms with Crippen LogP contribution in [-0.4, -0.2) is 85.2 Å². The highest BCUT2D eigenvalue weighted by atomic mass is 16.5. The van der Waals surface area contributed by atoms with Crippen LogP contribution in [0.3, 0.4) is 0 Å². The first-order chi connectivity index (χ1) is 16.0. The summed E-state index contributed by atoms with van der Waals surface area (Å²) in [5.41, 5.74) is 0.963. The number of Topliss-reactive ketones (excluding diaryl/α,β-unsaturated/α-hetero) is 1. The van der Waals surface area contributed by atoms with Gasteiger partial charge in [-0.15, -0.1) is 0 Å². The summed E-state index contributed by atoms with van der Waals surface area (Å²) in [4.78, 5) is 34.1. The first-order valence-electron chi connectivity index (χ1n) is 10.8. The van der Waals surface area contributed by atoms with Gasteiger partial charge in [0.2, 0.25) is 0 Å². The number of aromatic nitrogens is 1. The number of likely N-dealkylation sites (tertiary alicyclic amines) is 1. The minimum Gasteiger partial charge on any atom is -0.507 e. The van der Waals surface area contributed by atoms with Gasteiger partial charge in [-0.25, -0.2) is 0 Å². The Morgan fingerprint density at radius 2 is 1.94 bits per heavy atom. The zero-order chi connectivity index (χ0) is 23.4. The lowest BCUT2D eigenvalue weighted by atomic mass is 9.96. The zero-order valence-electron chi connectivity index (χ0n) is 18.7. The number of ether oxygens (including phenoxy) is 3. The first kappa shape index (κ1) is 22.8. The Morgan fingerprint density at radius 3 is 2.61 bits per heavy atom. The Kier molecular flexibility index (Phi) is 6.90. The molecule has 1 unspecified atom stereocenters. The van der Waals surface area contributed by atoms with Crippen molar-refractivity contribution in [2.75, 3.05) is 53.6 Å². The molecule has 174 valence electrons. The maximum atomic E-state index is 13.2. The average molecular weight is 453 g/mol. The molecule has 9 nitrogen and oxygen atoms in total. The van der Waals surface area contributed by atoms with E-state index in [1.807, 2.05) is 0 Å². The minimum atomic E-state index is -0.758. The second-order valence-corrected chi connectivity index (χ2v) is 7.80. The van der Waals surface area contributed by atoms with Gasteiger partial charge in [0, 0.05) is 44.6 Å². The fraction of sp³-hybridized carbons (Fsp3) is 0.375. The van der Waals surface area contributed by atoms with E-state index in [1.54, 1.807) is 42.7 Å². The summed E-state index contributed by atoms with van der Waals surface area (Å²) in [6.07, 6.45) is 3.23. The van der Waals surface area contributed by atoms with Crippen molar-refractivity contribution in [1.29, 1.82) is 0 Å². The smallest absolute Gasteiger partial charge is 0.295 e. The third-order valence-electron chi connectivity index (χ3n) is 5.96. The normalized spacial score (nSPS) is 20.8. The Morgan fingerprint density at radius 1 is 1.15 bits per heavy atom. The fourth-order valence-electron chi connectivity index (χ4n) is 4.21. The molecule has 3 heterocycles. The van der Waals surface area contributed by atoms with Gasteiger partial charge in [0.25, 0.3) is 11.7 Å². The second-order valence-electron chi connectivity index (χ2n) is 7.80. The third kappa shape index (κ3) is 4.55. The van der Waals surface area contributed by atoms with Gasteiger partial charge in [0.1, 0.15) is 17.3 Å². The van der Waals surface area contributed by atoms with Crippen LogP contribution in [0.25, 0.3) is 5.76 Å². The molecule has 2 fully saturated rings. The van der Waals surface area contributed by atoms with Crippen molar-refractivity contribution in [2.24, 2.45) is 0 Å². The van der Waals surface area contributed by atoms with Crippen molar-refractivity contribution >= 4 is 17.4 Å². The molecule has 1 amide bonds. The zero-order valence-corrected chi connectivity index (χ0v) is 18.7. The van der Waals surface area contributed by atoms with Gasteiger partial charge in [-0.05, 0) is 23.8 Å². The molecule has 2 aliphatic heterocycles. The van der Waals surface area contributed by atoms with Crippen LogP contribution in [0.5, 0.6) is 11.5 Å². The lowest BCUT2D eigenvalue weighted by Crippen LogP contribution is -2.42. The monoisotopic (exact) mass is 453 g/mol. The largest absolute Gasteiger partial charge is 0.507 e. The number of benzene rings is 1. The Bertz CT molecular complexity index is 1050. The average Bonchev–Trinajstić information content (AvgIpc) is 3.12. The van der Waals surface area contributed by atoms with Gasteiger partial charge in [-0.2, -0.15) is 0 Å². The van der Waals surface area contributed by atoms with Crippen LogP contribution in [0.15, 0.2) is 48.3 Å². The summed E-state index contributed by atoms with van der Waals surface area (Å²) < 4.78 is 16.0. The Labute approximate surface area is 192 Å². The highest BCUT2D eigenvalue weighted by Gasteiger charge is 2.46. The molecule has 0 saturated carbocycles. The number of aliphatic hydroxyl groups is 1. The molecular formula is C24H27N3O6. The molecule has 1 atom stereocenters. The third-order valence-corrected chi connectivity index (χ3v) is 5.96. The summed E-state index contributed by atoms with van der Waals surface area (Å²) in [6, 6.07) is 7.66. The lowest BCUT2D eigenvalue weighted by Gasteiger charge is -2.30. The Balaban J connectivity index is 1.75.